The summed E-state index contributed by atoms with van der Waals surface area (Å²) in [5.74, 6) is -1.56. The number of hydrogen-bond donors (Lipinski definition) is 6. The van der Waals surface area contributed by atoms with Gasteiger partial charge >= 0.3 is 5.97 Å². The summed E-state index contributed by atoms with van der Waals surface area (Å²) in [7, 11) is 0. The van der Waals surface area contributed by atoms with E-state index in [-0.39, 0.29) is 30.9 Å². The van der Waals surface area contributed by atoms with Crippen molar-refractivity contribution in [1.29, 1.82) is 5.41 Å². The van der Waals surface area contributed by atoms with Gasteiger partial charge in [-0.25, -0.2) is 4.79 Å². The summed E-state index contributed by atoms with van der Waals surface area (Å²) in [6.07, 6.45) is 2.68. The van der Waals surface area contributed by atoms with Crippen molar-refractivity contribution in [3.63, 3.8) is 0 Å². The van der Waals surface area contributed by atoms with Gasteiger partial charge in [0.2, 0.25) is 5.91 Å². The Balaban J connectivity index is 1.76. The van der Waals surface area contributed by atoms with Crippen LogP contribution in [-0.2, 0) is 16.0 Å². The van der Waals surface area contributed by atoms with E-state index in [2.05, 4.69) is 28.1 Å². The van der Waals surface area contributed by atoms with Gasteiger partial charge in [-0.2, -0.15) is 0 Å². The average Bonchev–Trinajstić information content (AvgIpc) is 2.98. The summed E-state index contributed by atoms with van der Waals surface area (Å²) >= 11 is 0. The predicted octanol–water partition coefficient (Wildman–Crippen LogP) is 0.0962. The fourth-order valence-electron chi connectivity index (χ4n) is 3.02. The van der Waals surface area contributed by atoms with Gasteiger partial charge in [0.1, 0.15) is 6.04 Å². The largest absolute Gasteiger partial charge is 0.480 e. The first-order valence-corrected chi connectivity index (χ1v) is 8.38. The zero-order valence-electron chi connectivity index (χ0n) is 14.0. The maximum Gasteiger partial charge on any atom is 0.326 e. The zero-order valence-corrected chi connectivity index (χ0v) is 14.0. The normalized spacial score (nSPS) is 16.7. The first kappa shape index (κ1) is 18.7. The van der Waals surface area contributed by atoms with Crippen LogP contribution in [0.2, 0.25) is 0 Å². The van der Waals surface area contributed by atoms with Crippen LogP contribution in [0.5, 0.6) is 0 Å². The molecule has 0 saturated carbocycles. The molecule has 136 valence electrons. The summed E-state index contributed by atoms with van der Waals surface area (Å²) in [5.41, 5.74) is 7.66. The Kier molecular flexibility index (Phi) is 6.76. The number of guanidine groups is 1. The summed E-state index contributed by atoms with van der Waals surface area (Å²) in [6, 6.07) is 7.32. The molecule has 25 heavy (non-hydrogen) atoms. The summed E-state index contributed by atoms with van der Waals surface area (Å²) in [6.45, 7) is 0.473. The van der Waals surface area contributed by atoms with Crippen LogP contribution >= 0.6 is 0 Å². The van der Waals surface area contributed by atoms with E-state index in [1.807, 2.05) is 12.1 Å². The molecular weight excluding hydrogens is 322 g/mol. The minimum atomic E-state index is -1.07. The van der Waals surface area contributed by atoms with Crippen molar-refractivity contribution in [1.82, 2.24) is 16.0 Å². The number of benzene rings is 1. The molecule has 1 aromatic carbocycles. The van der Waals surface area contributed by atoms with Crippen molar-refractivity contribution in [2.24, 2.45) is 5.73 Å². The van der Waals surface area contributed by atoms with Gasteiger partial charge in [-0.3, -0.25) is 10.2 Å². The monoisotopic (exact) mass is 347 g/mol. The third kappa shape index (κ3) is 5.75. The quantitative estimate of drug-likeness (QED) is 0.213. The maximum absolute atomic E-state index is 12.1. The van der Waals surface area contributed by atoms with Gasteiger partial charge < -0.3 is 26.8 Å². The number of carboxylic acid groups (broad SMARTS) is 1. The zero-order chi connectivity index (χ0) is 18.2. The van der Waals surface area contributed by atoms with Crippen molar-refractivity contribution in [3.8, 4) is 0 Å². The van der Waals surface area contributed by atoms with Crippen LogP contribution in [0.3, 0.4) is 0 Å². The van der Waals surface area contributed by atoms with Crippen LogP contribution in [0, 0.1) is 5.41 Å². The number of carboxylic acids is 1. The second-order valence-electron chi connectivity index (χ2n) is 6.11. The number of rotatable bonds is 9. The van der Waals surface area contributed by atoms with Crippen LogP contribution < -0.4 is 21.7 Å². The van der Waals surface area contributed by atoms with Crippen molar-refractivity contribution < 1.29 is 14.7 Å². The highest BCUT2D eigenvalue weighted by atomic mass is 16.4. The minimum absolute atomic E-state index is 0.0779. The van der Waals surface area contributed by atoms with E-state index in [9.17, 15) is 14.7 Å². The smallest absolute Gasteiger partial charge is 0.326 e. The number of hydrogen-bond acceptors (Lipinski definition) is 4. The van der Waals surface area contributed by atoms with E-state index < -0.39 is 12.0 Å². The molecule has 1 aliphatic carbocycles. The fourth-order valence-corrected chi connectivity index (χ4v) is 3.02. The fraction of sp³-hybridized carbons (Fsp3) is 0.471. The molecule has 8 heteroatoms. The molecule has 0 bridgehead atoms. The van der Waals surface area contributed by atoms with E-state index in [4.69, 9.17) is 11.1 Å². The molecule has 2 atom stereocenters. The van der Waals surface area contributed by atoms with Gasteiger partial charge in [0.05, 0.1) is 6.54 Å². The number of aliphatic carboxylic acids is 1. The average molecular weight is 347 g/mol. The number of nitrogens with one attached hydrogen (secondary N) is 4. The van der Waals surface area contributed by atoms with Gasteiger partial charge in [0, 0.05) is 12.6 Å². The molecule has 0 aromatic heterocycles. The lowest BCUT2D eigenvalue weighted by Gasteiger charge is -2.17. The number of carbonyl (C=O) groups is 2. The van der Waals surface area contributed by atoms with E-state index in [1.54, 1.807) is 0 Å². The van der Waals surface area contributed by atoms with Gasteiger partial charge in [-0.1, -0.05) is 24.3 Å². The maximum atomic E-state index is 12.1. The predicted molar refractivity (Wildman–Crippen MR) is 94.2 cm³/mol. The summed E-state index contributed by atoms with van der Waals surface area (Å²) in [4.78, 5) is 23.3. The Morgan fingerprint density at radius 1 is 1.36 bits per heavy atom. The molecule has 2 unspecified atom stereocenters. The number of fused-ring (bicyclic) bond motifs is 1. The van der Waals surface area contributed by atoms with Crippen LogP contribution in [0.15, 0.2) is 24.3 Å². The van der Waals surface area contributed by atoms with Crippen LogP contribution in [0.1, 0.15) is 36.4 Å². The molecule has 0 fully saturated rings. The standard InChI is InChI=1S/C17H25N5O3/c18-17(19)20-9-3-6-14(16(24)25)22-15(23)10-21-13-8-7-11-4-1-2-5-12(11)13/h1-2,4-5,13-14,21H,3,6-10H2,(H,22,23)(H,24,25)(H4,18,19,20). The minimum Gasteiger partial charge on any atom is -0.480 e. The third-order valence-electron chi connectivity index (χ3n) is 4.26. The van der Waals surface area contributed by atoms with Gasteiger partial charge in [-0.15, -0.1) is 0 Å². The Labute approximate surface area is 146 Å². The van der Waals surface area contributed by atoms with Crippen molar-refractivity contribution in [2.45, 2.75) is 37.8 Å². The first-order chi connectivity index (χ1) is 12.0. The molecule has 0 aliphatic heterocycles. The molecule has 0 spiro atoms. The molecule has 0 saturated heterocycles. The van der Waals surface area contributed by atoms with Crippen LogP contribution in [0.25, 0.3) is 0 Å². The summed E-state index contributed by atoms with van der Waals surface area (Å²) in [5, 5.41) is 24.6. The second-order valence-corrected chi connectivity index (χ2v) is 6.11. The number of carbonyl (C=O) groups excluding carboxylic acids is 1. The molecule has 2 rings (SSSR count). The topological polar surface area (TPSA) is 140 Å². The lowest BCUT2D eigenvalue weighted by atomic mass is 10.1. The Bertz CT molecular complexity index is 634. The summed E-state index contributed by atoms with van der Waals surface area (Å²) < 4.78 is 0. The van der Waals surface area contributed by atoms with Crippen LogP contribution in [-0.4, -0.2) is 42.1 Å². The van der Waals surface area contributed by atoms with Gasteiger partial charge in [0.15, 0.2) is 5.96 Å². The van der Waals surface area contributed by atoms with E-state index in [1.165, 1.54) is 11.1 Å². The van der Waals surface area contributed by atoms with E-state index in [0.29, 0.717) is 13.0 Å². The highest BCUT2D eigenvalue weighted by molar-refractivity contribution is 5.84. The third-order valence-corrected chi connectivity index (χ3v) is 4.26. The highest BCUT2D eigenvalue weighted by Gasteiger charge is 2.23. The van der Waals surface area contributed by atoms with Gasteiger partial charge in [0.25, 0.3) is 0 Å². The number of aryl methyl sites for hydroxylation is 1. The van der Waals surface area contributed by atoms with Crippen molar-refractivity contribution >= 4 is 17.8 Å². The number of amides is 1. The Morgan fingerprint density at radius 3 is 2.84 bits per heavy atom. The molecule has 1 aliphatic rings. The molecule has 0 radical (unpaired) electrons. The molecular formula is C17H25N5O3. The molecule has 0 heterocycles. The van der Waals surface area contributed by atoms with E-state index in [0.717, 1.165) is 12.8 Å². The molecule has 7 N–H and O–H groups in total. The van der Waals surface area contributed by atoms with Crippen LogP contribution in [0.4, 0.5) is 0 Å². The SMILES string of the molecule is N=C(N)NCCCC(NC(=O)CNC1CCc2ccccc21)C(=O)O. The van der Waals surface area contributed by atoms with E-state index >= 15 is 0 Å². The van der Waals surface area contributed by atoms with Crippen molar-refractivity contribution in [3.05, 3.63) is 35.4 Å². The lowest BCUT2D eigenvalue weighted by Crippen LogP contribution is -2.45. The second kappa shape index (κ2) is 9.03. The Hall–Kier alpha value is -2.61. The Morgan fingerprint density at radius 2 is 2.12 bits per heavy atom. The molecule has 1 aromatic rings. The molecule has 8 nitrogen and oxygen atoms in total. The lowest BCUT2D eigenvalue weighted by molar-refractivity contribution is -0.141. The highest BCUT2D eigenvalue weighted by Crippen LogP contribution is 2.30. The van der Waals surface area contributed by atoms with Gasteiger partial charge in [-0.05, 0) is 36.8 Å². The molecule has 1 amide bonds. The number of nitrogens with two attached hydrogens (primary N) is 1. The first-order valence-electron chi connectivity index (χ1n) is 8.38. The van der Waals surface area contributed by atoms with Crippen molar-refractivity contribution in [2.75, 3.05) is 13.1 Å².